The second kappa shape index (κ2) is 8.91. The zero-order valence-corrected chi connectivity index (χ0v) is 16.3. The van der Waals surface area contributed by atoms with Gasteiger partial charge < -0.3 is 0 Å². The maximum absolute atomic E-state index is 12.7. The summed E-state index contributed by atoms with van der Waals surface area (Å²) in [4.78, 5) is 0. The zero-order valence-electron chi connectivity index (χ0n) is 15.5. The lowest BCUT2D eigenvalue weighted by atomic mass is 10.0. The van der Waals surface area contributed by atoms with Crippen LogP contribution in [-0.4, -0.2) is 24.4 Å². The third kappa shape index (κ3) is 4.80. The average molecular weight is 381 g/mol. The molecule has 140 valence electrons. The Hall–Kier alpha value is -2.53. The molecule has 0 saturated heterocycles. The topological polar surface area (TPSA) is 59.9 Å². The van der Waals surface area contributed by atoms with Crippen LogP contribution in [0.5, 0.6) is 0 Å². The minimum Gasteiger partial charge on any atom is -0.222 e. The molecule has 0 radical (unpaired) electrons. The van der Waals surface area contributed by atoms with Crippen LogP contribution in [0.2, 0.25) is 0 Å². The standard InChI is InChI=1S/C22H24N2O2S/c1-2-3-4-11-16-27(25,26)21-17-20(18-12-7-5-8-13-18)22(24-23-21)19-14-9-6-10-15-19/h5-10,12-15,17H,2-4,11,16H2,1H3. The largest absolute Gasteiger partial charge is 0.222 e. The molecule has 27 heavy (non-hydrogen) atoms. The Bertz CT molecular complexity index is 972. The highest BCUT2D eigenvalue weighted by Gasteiger charge is 2.20. The molecule has 0 unspecified atom stereocenters. The lowest BCUT2D eigenvalue weighted by Gasteiger charge is -2.11. The molecule has 0 bridgehead atoms. The van der Waals surface area contributed by atoms with Gasteiger partial charge in [0.25, 0.3) is 0 Å². The molecule has 0 fully saturated rings. The molecule has 5 heteroatoms. The van der Waals surface area contributed by atoms with E-state index >= 15 is 0 Å². The van der Waals surface area contributed by atoms with Crippen molar-refractivity contribution in [2.24, 2.45) is 0 Å². The third-order valence-corrected chi connectivity index (χ3v) is 6.15. The second-order valence-corrected chi connectivity index (χ2v) is 8.61. The minimum atomic E-state index is -3.44. The van der Waals surface area contributed by atoms with Crippen LogP contribution < -0.4 is 0 Å². The summed E-state index contributed by atoms with van der Waals surface area (Å²) in [6.45, 7) is 2.11. The van der Waals surface area contributed by atoms with Crippen LogP contribution in [-0.2, 0) is 9.84 Å². The van der Waals surface area contributed by atoms with E-state index in [1.54, 1.807) is 6.07 Å². The van der Waals surface area contributed by atoms with E-state index in [1.165, 1.54) is 0 Å². The quantitative estimate of drug-likeness (QED) is 0.506. The molecule has 0 aliphatic carbocycles. The summed E-state index contributed by atoms with van der Waals surface area (Å²) < 4.78 is 25.4. The molecule has 0 aliphatic heterocycles. The number of nitrogens with zero attached hydrogens (tertiary/aromatic N) is 2. The van der Waals surface area contributed by atoms with E-state index in [0.29, 0.717) is 12.1 Å². The zero-order chi connectivity index (χ0) is 19.1. The van der Waals surface area contributed by atoms with Gasteiger partial charge in [0.05, 0.1) is 5.75 Å². The molecule has 3 rings (SSSR count). The SMILES string of the molecule is CCCCCCS(=O)(=O)c1cc(-c2ccccc2)c(-c2ccccc2)nn1. The molecule has 1 heterocycles. The van der Waals surface area contributed by atoms with Crippen molar-refractivity contribution in [2.45, 2.75) is 37.6 Å². The summed E-state index contributed by atoms with van der Waals surface area (Å²) in [7, 11) is -3.44. The average Bonchev–Trinajstić information content (AvgIpc) is 2.72. The van der Waals surface area contributed by atoms with Gasteiger partial charge in [0.2, 0.25) is 0 Å². The van der Waals surface area contributed by atoms with E-state index in [1.807, 2.05) is 60.7 Å². The first-order valence-electron chi connectivity index (χ1n) is 9.33. The molecule has 0 spiro atoms. The number of sulfone groups is 1. The highest BCUT2D eigenvalue weighted by Crippen LogP contribution is 2.31. The fourth-order valence-corrected chi connectivity index (χ4v) is 4.25. The normalized spacial score (nSPS) is 11.4. The van der Waals surface area contributed by atoms with Crippen LogP contribution in [0.3, 0.4) is 0 Å². The summed E-state index contributed by atoms with van der Waals surface area (Å²) in [5.74, 6) is 0.112. The number of hydrogen-bond donors (Lipinski definition) is 0. The lowest BCUT2D eigenvalue weighted by molar-refractivity contribution is 0.583. The van der Waals surface area contributed by atoms with Gasteiger partial charge in [0, 0.05) is 11.1 Å². The Kier molecular flexibility index (Phi) is 6.35. The number of benzene rings is 2. The number of hydrogen-bond acceptors (Lipinski definition) is 4. The minimum absolute atomic E-state index is 0.0533. The Labute approximate surface area is 161 Å². The highest BCUT2D eigenvalue weighted by molar-refractivity contribution is 7.91. The van der Waals surface area contributed by atoms with Gasteiger partial charge in [0.15, 0.2) is 14.9 Å². The monoisotopic (exact) mass is 380 g/mol. The molecular formula is C22H24N2O2S. The Morgan fingerprint density at radius 1 is 0.778 bits per heavy atom. The maximum atomic E-state index is 12.7. The van der Waals surface area contributed by atoms with Gasteiger partial charge in [-0.25, -0.2) is 8.42 Å². The Morgan fingerprint density at radius 2 is 1.41 bits per heavy atom. The van der Waals surface area contributed by atoms with Crippen molar-refractivity contribution in [1.29, 1.82) is 0 Å². The van der Waals surface area contributed by atoms with Crippen molar-refractivity contribution in [3.05, 3.63) is 66.7 Å². The van der Waals surface area contributed by atoms with Gasteiger partial charge in [-0.15, -0.1) is 10.2 Å². The number of aromatic nitrogens is 2. The Morgan fingerprint density at radius 3 is 2.04 bits per heavy atom. The predicted molar refractivity (Wildman–Crippen MR) is 109 cm³/mol. The molecule has 1 aromatic heterocycles. The van der Waals surface area contributed by atoms with Crippen LogP contribution in [0.25, 0.3) is 22.4 Å². The fraction of sp³-hybridized carbons (Fsp3) is 0.273. The van der Waals surface area contributed by atoms with E-state index in [9.17, 15) is 8.42 Å². The first-order chi connectivity index (χ1) is 13.1. The molecule has 2 aromatic carbocycles. The van der Waals surface area contributed by atoms with Crippen LogP contribution in [0.4, 0.5) is 0 Å². The molecule has 0 atom stereocenters. The van der Waals surface area contributed by atoms with Crippen LogP contribution in [0.15, 0.2) is 71.8 Å². The van der Waals surface area contributed by atoms with Crippen molar-refractivity contribution in [2.75, 3.05) is 5.75 Å². The first-order valence-corrected chi connectivity index (χ1v) is 11.0. The van der Waals surface area contributed by atoms with Gasteiger partial charge in [-0.1, -0.05) is 86.8 Å². The molecular weight excluding hydrogens is 356 g/mol. The fourth-order valence-electron chi connectivity index (χ4n) is 3.00. The summed E-state index contributed by atoms with van der Waals surface area (Å²) >= 11 is 0. The van der Waals surface area contributed by atoms with E-state index in [4.69, 9.17) is 0 Å². The summed E-state index contributed by atoms with van der Waals surface area (Å²) in [6, 6.07) is 21.1. The van der Waals surface area contributed by atoms with E-state index in [-0.39, 0.29) is 10.8 Å². The smallest absolute Gasteiger partial charge is 0.197 e. The Balaban J connectivity index is 2.01. The van der Waals surface area contributed by atoms with Gasteiger partial charge >= 0.3 is 0 Å². The molecule has 3 aromatic rings. The van der Waals surface area contributed by atoms with Gasteiger partial charge in [0.1, 0.15) is 5.69 Å². The molecule has 0 N–H and O–H groups in total. The maximum Gasteiger partial charge on any atom is 0.197 e. The van der Waals surface area contributed by atoms with Crippen molar-refractivity contribution < 1.29 is 8.42 Å². The highest BCUT2D eigenvalue weighted by atomic mass is 32.2. The van der Waals surface area contributed by atoms with Crippen LogP contribution >= 0.6 is 0 Å². The lowest BCUT2D eigenvalue weighted by Crippen LogP contribution is -2.11. The molecule has 0 amide bonds. The van der Waals surface area contributed by atoms with E-state index in [0.717, 1.165) is 36.0 Å². The third-order valence-electron chi connectivity index (χ3n) is 4.49. The van der Waals surface area contributed by atoms with Crippen LogP contribution in [0, 0.1) is 0 Å². The van der Waals surface area contributed by atoms with Crippen molar-refractivity contribution in [3.8, 4) is 22.4 Å². The van der Waals surface area contributed by atoms with Gasteiger partial charge in [-0.05, 0) is 18.1 Å². The number of rotatable bonds is 8. The van der Waals surface area contributed by atoms with Gasteiger partial charge in [-0.3, -0.25) is 0 Å². The van der Waals surface area contributed by atoms with Crippen molar-refractivity contribution in [1.82, 2.24) is 10.2 Å². The molecule has 0 saturated carbocycles. The molecule has 4 nitrogen and oxygen atoms in total. The summed E-state index contributed by atoms with van der Waals surface area (Å²) in [5.41, 5.74) is 3.31. The number of unbranched alkanes of at least 4 members (excludes halogenated alkanes) is 3. The van der Waals surface area contributed by atoms with Crippen LogP contribution in [0.1, 0.15) is 32.6 Å². The van der Waals surface area contributed by atoms with E-state index in [2.05, 4.69) is 17.1 Å². The van der Waals surface area contributed by atoms with E-state index < -0.39 is 9.84 Å². The van der Waals surface area contributed by atoms with Crippen molar-refractivity contribution >= 4 is 9.84 Å². The first kappa shape index (κ1) is 19.2. The summed E-state index contributed by atoms with van der Waals surface area (Å²) in [6.07, 6.45) is 3.68. The second-order valence-electron chi connectivity index (χ2n) is 6.56. The molecule has 0 aliphatic rings. The summed E-state index contributed by atoms with van der Waals surface area (Å²) in [5, 5.41) is 8.43. The van der Waals surface area contributed by atoms with Crippen molar-refractivity contribution in [3.63, 3.8) is 0 Å². The van der Waals surface area contributed by atoms with Gasteiger partial charge in [-0.2, -0.15) is 0 Å². The predicted octanol–water partition coefficient (Wildman–Crippen LogP) is 5.16.